The molecular weight excluding hydrogens is 354 g/mol. The summed E-state index contributed by atoms with van der Waals surface area (Å²) in [6.45, 7) is 8.43. The first-order valence-electron chi connectivity index (χ1n) is 7.73. The minimum atomic E-state index is -3.25. The first kappa shape index (κ1) is 20.9. The van der Waals surface area contributed by atoms with Crippen LogP contribution in [-0.4, -0.2) is 42.2 Å². The summed E-state index contributed by atoms with van der Waals surface area (Å²) in [6.07, 6.45) is 3.38. The number of hydrogen-bond donors (Lipinski definition) is 3. The van der Waals surface area contributed by atoms with Gasteiger partial charge in [-0.3, -0.25) is 5.41 Å². The largest absolute Gasteiger partial charge is 0.360 e. The van der Waals surface area contributed by atoms with Crippen LogP contribution >= 0.6 is 11.6 Å². The molecule has 0 saturated carbocycles. The van der Waals surface area contributed by atoms with Crippen LogP contribution in [-0.2, 0) is 10.0 Å². The second-order valence-corrected chi connectivity index (χ2v) is 8.96. The number of anilines is 1. The summed E-state index contributed by atoms with van der Waals surface area (Å²) >= 11 is 5.69. The Bertz CT molecular complexity index is 678. The number of hydrogen-bond acceptors (Lipinski definition) is 7. The van der Waals surface area contributed by atoms with Crippen molar-refractivity contribution < 1.29 is 13.0 Å². The van der Waals surface area contributed by atoms with Gasteiger partial charge in [-0.25, -0.2) is 17.8 Å². The Morgan fingerprint density at radius 1 is 1.29 bits per heavy atom. The summed E-state index contributed by atoms with van der Waals surface area (Å²) in [4.78, 5) is 0. The topological polar surface area (TPSA) is 121 Å². The van der Waals surface area contributed by atoms with E-state index >= 15 is 0 Å². The van der Waals surface area contributed by atoms with Gasteiger partial charge in [-0.2, -0.15) is 0 Å². The highest BCUT2D eigenvalue weighted by atomic mass is 35.5. The average molecular weight is 380 g/mol. The van der Waals surface area contributed by atoms with Crippen LogP contribution < -0.4 is 10.0 Å². The third kappa shape index (κ3) is 6.03. The number of sulfonamides is 1. The highest BCUT2D eigenvalue weighted by Crippen LogP contribution is 2.35. The van der Waals surface area contributed by atoms with Gasteiger partial charge < -0.3 is 5.32 Å². The lowest BCUT2D eigenvalue weighted by molar-refractivity contribution is 0.223. The quantitative estimate of drug-likeness (QED) is 0.537. The lowest BCUT2D eigenvalue weighted by atomic mass is 9.75. The van der Waals surface area contributed by atoms with Gasteiger partial charge in [0.1, 0.15) is 0 Å². The van der Waals surface area contributed by atoms with Crippen molar-refractivity contribution in [3.8, 4) is 0 Å². The van der Waals surface area contributed by atoms with E-state index in [-0.39, 0.29) is 16.3 Å². The maximum absolute atomic E-state index is 11.4. The molecule has 1 aromatic heterocycles. The van der Waals surface area contributed by atoms with E-state index in [0.29, 0.717) is 18.8 Å². The van der Waals surface area contributed by atoms with Crippen LogP contribution in [0.25, 0.3) is 0 Å². The zero-order chi connectivity index (χ0) is 18.6. The Balaban J connectivity index is 2.96. The molecule has 1 heterocycles. The lowest BCUT2D eigenvalue weighted by Gasteiger charge is -2.39. The van der Waals surface area contributed by atoms with Gasteiger partial charge >= 0.3 is 0 Å². The molecule has 2 atom stereocenters. The molecule has 0 radical (unpaired) electrons. The van der Waals surface area contributed by atoms with E-state index in [0.717, 1.165) is 19.1 Å². The fraction of sp³-hybridized carbons (Fsp3) is 0.786. The zero-order valence-electron chi connectivity index (χ0n) is 14.7. The van der Waals surface area contributed by atoms with Crippen molar-refractivity contribution in [1.29, 1.82) is 5.41 Å². The molecule has 8 nitrogen and oxygen atoms in total. The first-order valence-corrected chi connectivity index (χ1v) is 10.0. The van der Waals surface area contributed by atoms with E-state index < -0.39 is 15.6 Å². The molecule has 24 heavy (non-hydrogen) atoms. The Morgan fingerprint density at radius 3 is 2.38 bits per heavy atom. The molecule has 1 rings (SSSR count). The minimum Gasteiger partial charge on any atom is -0.360 e. The highest BCUT2D eigenvalue weighted by molar-refractivity contribution is 7.88. The number of aromatic nitrogens is 2. The molecule has 0 aromatic carbocycles. The molecule has 0 saturated heterocycles. The average Bonchev–Trinajstić information content (AvgIpc) is 2.92. The van der Waals surface area contributed by atoms with Crippen LogP contribution in [0.3, 0.4) is 0 Å². The van der Waals surface area contributed by atoms with E-state index in [9.17, 15) is 8.42 Å². The number of nitrogens with one attached hydrogen (secondary N) is 3. The Labute approximate surface area is 148 Å². The molecule has 0 aliphatic carbocycles. The summed E-state index contributed by atoms with van der Waals surface area (Å²) in [5, 5.41) is 17.9. The molecule has 10 heteroatoms. The molecular formula is C14H26ClN5O3S. The number of rotatable bonds is 10. The van der Waals surface area contributed by atoms with Crippen molar-refractivity contribution >= 4 is 32.6 Å². The van der Waals surface area contributed by atoms with Crippen LogP contribution in [0, 0.1) is 10.8 Å². The fourth-order valence-corrected chi connectivity index (χ4v) is 3.25. The monoisotopic (exact) mass is 379 g/mol. The standard InChI is InChI=1S/C14H26ClN5O3S/c1-6-13(3,9-17-24(5,21)22)8-14(4,7-2)18-12-10(11(15)16)19-23-20-12/h16-17H,6-9H2,1-5H3,(H,18,20). The third-order valence-corrected chi connectivity index (χ3v) is 5.18. The van der Waals surface area contributed by atoms with E-state index in [1.165, 1.54) is 0 Å². The van der Waals surface area contributed by atoms with Crippen molar-refractivity contribution in [2.24, 2.45) is 5.41 Å². The smallest absolute Gasteiger partial charge is 0.208 e. The first-order chi connectivity index (χ1) is 10.9. The second-order valence-electron chi connectivity index (χ2n) is 6.75. The van der Waals surface area contributed by atoms with Crippen molar-refractivity contribution in [3.05, 3.63) is 5.69 Å². The third-order valence-electron chi connectivity index (χ3n) is 4.33. The zero-order valence-corrected chi connectivity index (χ0v) is 16.3. The predicted molar refractivity (Wildman–Crippen MR) is 95.2 cm³/mol. The van der Waals surface area contributed by atoms with Gasteiger partial charge in [0.2, 0.25) is 15.8 Å². The van der Waals surface area contributed by atoms with Gasteiger partial charge in [0.05, 0.1) is 6.26 Å². The van der Waals surface area contributed by atoms with Crippen molar-refractivity contribution in [2.75, 3.05) is 18.1 Å². The van der Waals surface area contributed by atoms with Crippen LogP contribution in [0.5, 0.6) is 0 Å². The van der Waals surface area contributed by atoms with Gasteiger partial charge in [0, 0.05) is 12.1 Å². The molecule has 0 fully saturated rings. The maximum Gasteiger partial charge on any atom is 0.208 e. The van der Waals surface area contributed by atoms with E-state index in [1.54, 1.807) is 0 Å². The molecule has 0 aliphatic heterocycles. The lowest BCUT2D eigenvalue weighted by Crippen LogP contribution is -2.44. The Hall–Kier alpha value is -1.19. The summed E-state index contributed by atoms with van der Waals surface area (Å²) in [5.41, 5.74) is -0.500. The van der Waals surface area contributed by atoms with Gasteiger partial charge in [-0.15, -0.1) is 0 Å². The summed E-state index contributed by atoms with van der Waals surface area (Å²) < 4.78 is 30.1. The minimum absolute atomic E-state index is 0.156. The Kier molecular flexibility index (Phi) is 6.77. The van der Waals surface area contributed by atoms with Crippen LogP contribution in [0.4, 0.5) is 5.82 Å². The number of nitrogens with zero attached hydrogens (tertiary/aromatic N) is 2. The van der Waals surface area contributed by atoms with Crippen LogP contribution in [0.15, 0.2) is 4.63 Å². The van der Waals surface area contributed by atoms with Crippen molar-refractivity contribution in [2.45, 2.75) is 52.5 Å². The molecule has 0 spiro atoms. The number of halogens is 1. The molecule has 0 amide bonds. The van der Waals surface area contributed by atoms with Gasteiger partial charge in [0.25, 0.3) is 0 Å². The van der Waals surface area contributed by atoms with Crippen LogP contribution in [0.2, 0.25) is 0 Å². The summed E-state index contributed by atoms with van der Waals surface area (Å²) in [7, 11) is -3.25. The molecule has 0 aliphatic rings. The van der Waals surface area contributed by atoms with Gasteiger partial charge in [-0.1, -0.05) is 32.4 Å². The fourth-order valence-electron chi connectivity index (χ4n) is 2.52. The molecule has 0 bridgehead atoms. The predicted octanol–water partition coefficient (Wildman–Crippen LogP) is 2.57. The summed E-state index contributed by atoms with van der Waals surface area (Å²) in [5.74, 6) is 0.314. The van der Waals surface area contributed by atoms with Gasteiger partial charge in [0.15, 0.2) is 10.9 Å². The molecule has 2 unspecified atom stereocenters. The van der Waals surface area contributed by atoms with E-state index in [2.05, 4.69) is 25.0 Å². The maximum atomic E-state index is 11.4. The van der Waals surface area contributed by atoms with Crippen molar-refractivity contribution in [1.82, 2.24) is 15.0 Å². The van der Waals surface area contributed by atoms with Crippen molar-refractivity contribution in [3.63, 3.8) is 0 Å². The van der Waals surface area contributed by atoms with E-state index in [4.69, 9.17) is 17.0 Å². The molecule has 3 N–H and O–H groups in total. The second kappa shape index (κ2) is 7.79. The molecule has 1 aromatic rings. The van der Waals surface area contributed by atoms with Gasteiger partial charge in [-0.05, 0) is 41.9 Å². The molecule has 138 valence electrons. The normalized spacial score (nSPS) is 17.1. The van der Waals surface area contributed by atoms with Crippen LogP contribution in [0.1, 0.15) is 52.7 Å². The highest BCUT2D eigenvalue weighted by Gasteiger charge is 2.35. The SMILES string of the molecule is CCC(C)(CNS(C)(=O)=O)CC(C)(CC)Nc1nonc1C(=N)Cl. The Morgan fingerprint density at radius 2 is 1.92 bits per heavy atom. The van der Waals surface area contributed by atoms with E-state index in [1.807, 2.05) is 27.7 Å². The summed E-state index contributed by atoms with van der Waals surface area (Å²) in [6, 6.07) is 0.